The molecule has 1 aromatic carbocycles. The molecule has 0 amide bonds. The van der Waals surface area contributed by atoms with E-state index in [2.05, 4.69) is 4.72 Å². The number of furan rings is 1. The Balaban J connectivity index is 2.41. The summed E-state index contributed by atoms with van der Waals surface area (Å²) in [5, 5.41) is 9.02. The zero-order valence-corrected chi connectivity index (χ0v) is 11.8. The van der Waals surface area contributed by atoms with E-state index >= 15 is 0 Å². The van der Waals surface area contributed by atoms with E-state index in [9.17, 15) is 13.2 Å². The van der Waals surface area contributed by atoms with E-state index in [4.69, 9.17) is 21.1 Å². The summed E-state index contributed by atoms with van der Waals surface area (Å²) in [5.74, 6) is -1.80. The molecule has 0 saturated heterocycles. The topological polar surface area (TPSA) is 96.6 Å². The predicted molar refractivity (Wildman–Crippen MR) is 72.7 cm³/mol. The third kappa shape index (κ3) is 2.78. The molecule has 0 unspecified atom stereocenters. The predicted octanol–water partition coefficient (Wildman–Crippen LogP) is 2.74. The highest BCUT2D eigenvalue weighted by Crippen LogP contribution is 2.26. The van der Waals surface area contributed by atoms with Crippen molar-refractivity contribution in [2.45, 2.75) is 11.8 Å². The second-order valence-electron chi connectivity index (χ2n) is 3.92. The maximum Gasteiger partial charge on any atom is 0.371 e. The molecular formula is C12H10ClNO5S. The van der Waals surface area contributed by atoms with Crippen LogP contribution in [0.25, 0.3) is 0 Å². The fraction of sp³-hybridized carbons (Fsp3) is 0.0833. The number of anilines is 1. The van der Waals surface area contributed by atoms with Crippen molar-refractivity contribution >= 4 is 33.3 Å². The van der Waals surface area contributed by atoms with Gasteiger partial charge in [-0.25, -0.2) is 13.2 Å². The maximum absolute atomic E-state index is 12.2. The van der Waals surface area contributed by atoms with Gasteiger partial charge in [-0.1, -0.05) is 23.7 Å². The summed E-state index contributed by atoms with van der Waals surface area (Å²) in [6.45, 7) is 1.37. The number of hydrogen-bond acceptors (Lipinski definition) is 4. The lowest BCUT2D eigenvalue weighted by molar-refractivity contribution is 0.0661. The van der Waals surface area contributed by atoms with Gasteiger partial charge in [0.15, 0.2) is 0 Å². The molecule has 0 saturated carbocycles. The first-order valence-electron chi connectivity index (χ1n) is 5.42. The Morgan fingerprint density at radius 1 is 1.35 bits per heavy atom. The number of benzene rings is 1. The van der Waals surface area contributed by atoms with Gasteiger partial charge in [0.25, 0.3) is 10.0 Å². The number of carboxylic acids is 1. The van der Waals surface area contributed by atoms with Crippen molar-refractivity contribution in [1.82, 2.24) is 0 Å². The molecular weight excluding hydrogens is 306 g/mol. The Hall–Kier alpha value is -1.99. The monoisotopic (exact) mass is 315 g/mol. The minimum atomic E-state index is -3.97. The van der Waals surface area contributed by atoms with Crippen LogP contribution in [0.3, 0.4) is 0 Å². The number of halogens is 1. The van der Waals surface area contributed by atoms with Crippen LogP contribution in [0.4, 0.5) is 5.69 Å². The van der Waals surface area contributed by atoms with Crippen LogP contribution in [-0.4, -0.2) is 19.5 Å². The molecule has 0 atom stereocenters. The number of sulfonamides is 1. The van der Waals surface area contributed by atoms with E-state index in [1.165, 1.54) is 19.1 Å². The smallest absolute Gasteiger partial charge is 0.371 e. The highest BCUT2D eigenvalue weighted by Gasteiger charge is 2.24. The molecule has 0 aliphatic heterocycles. The van der Waals surface area contributed by atoms with Gasteiger partial charge in [0, 0.05) is 6.07 Å². The van der Waals surface area contributed by atoms with E-state index in [-0.39, 0.29) is 21.4 Å². The molecule has 106 valence electrons. The minimum Gasteiger partial charge on any atom is -0.475 e. The van der Waals surface area contributed by atoms with E-state index in [1.807, 2.05) is 0 Å². The Labute approximate surface area is 120 Å². The number of nitrogens with one attached hydrogen (secondary N) is 1. The number of carboxylic acid groups (broad SMARTS) is 1. The highest BCUT2D eigenvalue weighted by atomic mass is 35.5. The lowest BCUT2D eigenvalue weighted by Crippen LogP contribution is -2.13. The number of hydrogen-bond donors (Lipinski definition) is 2. The largest absolute Gasteiger partial charge is 0.475 e. The van der Waals surface area contributed by atoms with Crippen LogP contribution in [-0.2, 0) is 10.0 Å². The van der Waals surface area contributed by atoms with Crippen LogP contribution < -0.4 is 4.72 Å². The molecule has 0 fully saturated rings. The van der Waals surface area contributed by atoms with Crippen LogP contribution in [0, 0.1) is 6.92 Å². The molecule has 0 aliphatic carbocycles. The quantitative estimate of drug-likeness (QED) is 0.904. The first kappa shape index (κ1) is 14.4. The Kier molecular flexibility index (Phi) is 3.74. The molecule has 20 heavy (non-hydrogen) atoms. The zero-order chi connectivity index (χ0) is 14.9. The minimum absolute atomic E-state index is 0.0121. The average molecular weight is 316 g/mol. The van der Waals surface area contributed by atoms with Gasteiger partial charge in [0.2, 0.25) is 5.76 Å². The second kappa shape index (κ2) is 5.18. The van der Waals surface area contributed by atoms with Gasteiger partial charge in [-0.2, -0.15) is 0 Å². The summed E-state index contributed by atoms with van der Waals surface area (Å²) in [5.41, 5.74) is 0.201. The third-order valence-corrected chi connectivity index (χ3v) is 4.29. The number of rotatable bonds is 4. The number of aromatic carboxylic acids is 1. The second-order valence-corrected chi connectivity index (χ2v) is 5.98. The Morgan fingerprint density at radius 2 is 2.00 bits per heavy atom. The first-order chi connectivity index (χ1) is 9.31. The van der Waals surface area contributed by atoms with Gasteiger partial charge in [0.1, 0.15) is 10.7 Å². The van der Waals surface area contributed by atoms with Crippen LogP contribution in [0.2, 0.25) is 5.02 Å². The standard InChI is InChI=1S/C12H10ClNO5S/c1-7-11(6-10(19-7)12(15)16)20(17,18)14-9-5-3-2-4-8(9)13/h2-6,14H,1H3,(H,15,16). The van der Waals surface area contributed by atoms with Crippen LogP contribution in [0.1, 0.15) is 16.3 Å². The molecule has 6 nitrogen and oxygen atoms in total. The highest BCUT2D eigenvalue weighted by molar-refractivity contribution is 7.92. The average Bonchev–Trinajstić information content (AvgIpc) is 2.75. The SMILES string of the molecule is Cc1oc(C(=O)O)cc1S(=O)(=O)Nc1ccccc1Cl. The van der Waals surface area contributed by atoms with Crippen molar-refractivity contribution in [2.75, 3.05) is 4.72 Å². The summed E-state index contributed by atoms with van der Waals surface area (Å²) < 4.78 is 31.5. The number of aryl methyl sites for hydroxylation is 1. The Bertz CT molecular complexity index is 766. The zero-order valence-electron chi connectivity index (χ0n) is 10.3. The third-order valence-electron chi connectivity index (χ3n) is 2.49. The van der Waals surface area contributed by atoms with Gasteiger partial charge in [-0.3, -0.25) is 4.72 Å². The van der Waals surface area contributed by atoms with Crippen molar-refractivity contribution < 1.29 is 22.7 Å². The van der Waals surface area contributed by atoms with Crippen LogP contribution in [0.5, 0.6) is 0 Å². The molecule has 0 radical (unpaired) electrons. The fourth-order valence-electron chi connectivity index (χ4n) is 1.58. The van der Waals surface area contributed by atoms with E-state index in [0.29, 0.717) is 0 Å². The molecule has 0 aliphatic rings. The summed E-state index contributed by atoms with van der Waals surface area (Å²) in [6.07, 6.45) is 0. The number of para-hydroxylation sites is 1. The summed E-state index contributed by atoms with van der Waals surface area (Å²) in [7, 11) is -3.97. The maximum atomic E-state index is 12.2. The van der Waals surface area contributed by atoms with Crippen LogP contribution in [0.15, 0.2) is 39.6 Å². The fourth-order valence-corrected chi connectivity index (χ4v) is 3.08. The Morgan fingerprint density at radius 3 is 2.55 bits per heavy atom. The molecule has 2 aromatic rings. The summed E-state index contributed by atoms with van der Waals surface area (Å²) in [4.78, 5) is 10.5. The molecule has 1 aromatic heterocycles. The van der Waals surface area contributed by atoms with Crippen molar-refractivity contribution in [2.24, 2.45) is 0 Å². The van der Waals surface area contributed by atoms with Crippen molar-refractivity contribution in [1.29, 1.82) is 0 Å². The van der Waals surface area contributed by atoms with Gasteiger partial charge in [-0.15, -0.1) is 0 Å². The van der Waals surface area contributed by atoms with E-state index < -0.39 is 21.8 Å². The van der Waals surface area contributed by atoms with Gasteiger partial charge < -0.3 is 9.52 Å². The molecule has 8 heteroatoms. The number of carbonyl (C=O) groups is 1. The van der Waals surface area contributed by atoms with Crippen LogP contribution >= 0.6 is 11.6 Å². The molecule has 2 rings (SSSR count). The molecule has 1 heterocycles. The van der Waals surface area contributed by atoms with E-state index in [1.54, 1.807) is 12.1 Å². The van der Waals surface area contributed by atoms with Crippen molar-refractivity contribution in [3.8, 4) is 0 Å². The van der Waals surface area contributed by atoms with Crippen molar-refractivity contribution in [3.63, 3.8) is 0 Å². The normalized spacial score (nSPS) is 11.3. The molecule has 0 bridgehead atoms. The van der Waals surface area contributed by atoms with Gasteiger partial charge in [-0.05, 0) is 19.1 Å². The summed E-state index contributed by atoms with van der Waals surface area (Å²) >= 11 is 5.87. The first-order valence-corrected chi connectivity index (χ1v) is 7.28. The van der Waals surface area contributed by atoms with Gasteiger partial charge in [0.05, 0.1) is 10.7 Å². The molecule has 0 spiro atoms. The van der Waals surface area contributed by atoms with Crippen molar-refractivity contribution in [3.05, 3.63) is 46.9 Å². The van der Waals surface area contributed by atoms with Gasteiger partial charge >= 0.3 is 5.97 Å². The summed E-state index contributed by atoms with van der Waals surface area (Å²) in [6, 6.07) is 7.26. The lowest BCUT2D eigenvalue weighted by Gasteiger charge is -2.08. The molecule has 2 N–H and O–H groups in total. The van der Waals surface area contributed by atoms with E-state index in [0.717, 1.165) is 6.07 Å². The lowest BCUT2D eigenvalue weighted by atomic mass is 10.3.